The average Bonchev–Trinajstić information content (AvgIpc) is 3.07. The predicted molar refractivity (Wildman–Crippen MR) is 97.7 cm³/mol. The molecule has 7 nitrogen and oxygen atoms in total. The Bertz CT molecular complexity index is 1060. The first-order chi connectivity index (χ1) is 12.5. The van der Waals surface area contributed by atoms with E-state index in [4.69, 9.17) is 6.42 Å². The lowest BCUT2D eigenvalue weighted by molar-refractivity contribution is 0.0949. The standard InChI is InChI=1S/C18H16N4O3S/c1-2-10-20-26(24,25)14-7-5-6-13(11-14)18(23)19-12-17-21-15-8-3-4-9-16(15)22-17/h1,3-9,11,20H,10,12H2,(H,19,23)(H,21,22). The van der Waals surface area contributed by atoms with Crippen LogP contribution in [0.5, 0.6) is 0 Å². The Morgan fingerprint density at radius 2 is 2.00 bits per heavy atom. The second-order valence-corrected chi connectivity index (χ2v) is 7.21. The maximum Gasteiger partial charge on any atom is 0.251 e. The van der Waals surface area contributed by atoms with Gasteiger partial charge in [-0.3, -0.25) is 4.79 Å². The Kier molecular flexibility index (Phi) is 5.02. The molecule has 0 atom stereocenters. The summed E-state index contributed by atoms with van der Waals surface area (Å²) in [6.45, 7) is 0.0741. The lowest BCUT2D eigenvalue weighted by atomic mass is 10.2. The molecule has 0 saturated carbocycles. The van der Waals surface area contributed by atoms with E-state index in [-0.39, 0.29) is 23.5 Å². The molecule has 1 heterocycles. The normalized spacial score (nSPS) is 11.2. The zero-order valence-electron chi connectivity index (χ0n) is 13.7. The largest absolute Gasteiger partial charge is 0.345 e. The van der Waals surface area contributed by atoms with Gasteiger partial charge in [0.1, 0.15) is 5.82 Å². The predicted octanol–water partition coefficient (Wildman–Crippen LogP) is 1.40. The van der Waals surface area contributed by atoms with Gasteiger partial charge in [-0.05, 0) is 30.3 Å². The highest BCUT2D eigenvalue weighted by molar-refractivity contribution is 7.89. The number of carbonyl (C=O) groups is 1. The number of para-hydroxylation sites is 2. The topological polar surface area (TPSA) is 104 Å². The summed E-state index contributed by atoms with van der Waals surface area (Å²) in [5, 5.41) is 2.72. The van der Waals surface area contributed by atoms with Crippen molar-refractivity contribution in [2.24, 2.45) is 0 Å². The molecule has 26 heavy (non-hydrogen) atoms. The fraction of sp³-hybridized carbons (Fsp3) is 0.111. The monoisotopic (exact) mass is 368 g/mol. The lowest BCUT2D eigenvalue weighted by Crippen LogP contribution is -2.26. The number of terminal acetylenes is 1. The van der Waals surface area contributed by atoms with E-state index in [9.17, 15) is 13.2 Å². The van der Waals surface area contributed by atoms with Crippen molar-refractivity contribution >= 4 is 27.0 Å². The number of nitrogens with zero attached hydrogens (tertiary/aromatic N) is 1. The van der Waals surface area contributed by atoms with Crippen LogP contribution in [0.15, 0.2) is 53.4 Å². The first-order valence-corrected chi connectivity index (χ1v) is 9.23. The van der Waals surface area contributed by atoms with Crippen LogP contribution in [0.2, 0.25) is 0 Å². The van der Waals surface area contributed by atoms with Gasteiger partial charge in [0.2, 0.25) is 10.0 Å². The van der Waals surface area contributed by atoms with E-state index in [1.165, 1.54) is 24.3 Å². The number of imidazole rings is 1. The number of hydrogen-bond acceptors (Lipinski definition) is 4. The SMILES string of the molecule is C#CCNS(=O)(=O)c1cccc(C(=O)NCc2nc3ccccc3[nH]2)c1. The van der Waals surface area contributed by atoms with Crippen LogP contribution in [0.4, 0.5) is 0 Å². The fourth-order valence-electron chi connectivity index (χ4n) is 2.38. The highest BCUT2D eigenvalue weighted by Crippen LogP contribution is 2.12. The number of sulfonamides is 1. The van der Waals surface area contributed by atoms with Crippen LogP contribution in [0.3, 0.4) is 0 Å². The number of aromatic nitrogens is 2. The molecule has 2 aromatic carbocycles. The molecule has 0 aliphatic rings. The lowest BCUT2D eigenvalue weighted by Gasteiger charge is -2.07. The van der Waals surface area contributed by atoms with Crippen molar-refractivity contribution in [3.05, 3.63) is 59.9 Å². The van der Waals surface area contributed by atoms with Crippen molar-refractivity contribution in [1.82, 2.24) is 20.0 Å². The van der Waals surface area contributed by atoms with Gasteiger partial charge in [0, 0.05) is 5.56 Å². The van der Waals surface area contributed by atoms with E-state index in [2.05, 4.69) is 25.9 Å². The van der Waals surface area contributed by atoms with Gasteiger partial charge < -0.3 is 10.3 Å². The van der Waals surface area contributed by atoms with Crippen molar-refractivity contribution in [3.63, 3.8) is 0 Å². The molecule has 0 radical (unpaired) electrons. The summed E-state index contributed by atoms with van der Waals surface area (Å²) >= 11 is 0. The highest BCUT2D eigenvalue weighted by atomic mass is 32.2. The van der Waals surface area contributed by atoms with Gasteiger partial charge in [-0.15, -0.1) is 6.42 Å². The molecule has 0 spiro atoms. The number of fused-ring (bicyclic) bond motifs is 1. The number of carbonyl (C=O) groups excluding carboxylic acids is 1. The van der Waals surface area contributed by atoms with Gasteiger partial charge in [0.15, 0.2) is 0 Å². The molecule has 0 fully saturated rings. The van der Waals surface area contributed by atoms with Gasteiger partial charge in [0.05, 0.1) is 29.0 Å². The van der Waals surface area contributed by atoms with E-state index in [1.54, 1.807) is 0 Å². The molecule has 0 saturated heterocycles. The number of H-pyrrole nitrogens is 1. The molecule has 0 unspecified atom stereocenters. The van der Waals surface area contributed by atoms with E-state index in [0.717, 1.165) is 11.0 Å². The summed E-state index contributed by atoms with van der Waals surface area (Å²) in [6.07, 6.45) is 5.06. The third-order valence-electron chi connectivity index (χ3n) is 3.63. The minimum Gasteiger partial charge on any atom is -0.345 e. The molecule has 0 aliphatic heterocycles. The molecular formula is C18H16N4O3S. The van der Waals surface area contributed by atoms with Crippen molar-refractivity contribution < 1.29 is 13.2 Å². The molecule has 132 valence electrons. The first-order valence-electron chi connectivity index (χ1n) is 7.74. The van der Waals surface area contributed by atoms with Crippen molar-refractivity contribution in [1.29, 1.82) is 0 Å². The Labute approximate surface area is 150 Å². The molecule has 8 heteroatoms. The van der Waals surface area contributed by atoms with Gasteiger partial charge in [0.25, 0.3) is 5.91 Å². The molecule has 3 N–H and O–H groups in total. The maximum absolute atomic E-state index is 12.3. The molecular weight excluding hydrogens is 352 g/mol. The first kappa shape index (κ1) is 17.7. The van der Waals surface area contributed by atoms with Gasteiger partial charge in [-0.2, -0.15) is 4.72 Å². The van der Waals surface area contributed by atoms with Crippen LogP contribution >= 0.6 is 0 Å². The summed E-state index contributed by atoms with van der Waals surface area (Å²) in [4.78, 5) is 19.8. The van der Waals surface area contributed by atoms with Crippen LogP contribution in [0, 0.1) is 12.3 Å². The number of aromatic amines is 1. The van der Waals surface area contributed by atoms with Gasteiger partial charge in [-0.25, -0.2) is 13.4 Å². The van der Waals surface area contributed by atoms with E-state index >= 15 is 0 Å². The molecule has 1 aromatic heterocycles. The molecule has 0 bridgehead atoms. The number of rotatable bonds is 6. The number of benzene rings is 2. The number of hydrogen-bond donors (Lipinski definition) is 3. The number of amides is 1. The quantitative estimate of drug-likeness (QED) is 0.572. The second kappa shape index (κ2) is 7.39. The summed E-state index contributed by atoms with van der Waals surface area (Å²) < 4.78 is 26.4. The zero-order valence-corrected chi connectivity index (χ0v) is 14.5. The third-order valence-corrected chi connectivity index (χ3v) is 5.02. The second-order valence-electron chi connectivity index (χ2n) is 5.44. The van der Waals surface area contributed by atoms with E-state index < -0.39 is 15.9 Å². The van der Waals surface area contributed by atoms with Crippen LogP contribution in [0.1, 0.15) is 16.2 Å². The Hall–Kier alpha value is -3.15. The van der Waals surface area contributed by atoms with Crippen molar-refractivity contribution in [3.8, 4) is 12.3 Å². The number of nitrogens with one attached hydrogen (secondary N) is 3. The minimum atomic E-state index is -3.75. The smallest absolute Gasteiger partial charge is 0.251 e. The molecule has 3 rings (SSSR count). The summed E-state index contributed by atoms with van der Waals surface area (Å²) in [5.41, 5.74) is 1.92. The van der Waals surface area contributed by atoms with Gasteiger partial charge >= 0.3 is 0 Å². The Balaban J connectivity index is 1.72. The summed E-state index contributed by atoms with van der Waals surface area (Å²) in [5.74, 6) is 2.41. The third kappa shape index (κ3) is 3.91. The minimum absolute atomic E-state index is 0.0239. The summed E-state index contributed by atoms with van der Waals surface area (Å²) in [7, 11) is -3.75. The maximum atomic E-state index is 12.3. The molecule has 1 amide bonds. The molecule has 3 aromatic rings. The van der Waals surface area contributed by atoms with Crippen LogP contribution in [-0.2, 0) is 16.6 Å². The van der Waals surface area contributed by atoms with Crippen molar-refractivity contribution in [2.45, 2.75) is 11.4 Å². The fourth-order valence-corrected chi connectivity index (χ4v) is 3.36. The van der Waals surface area contributed by atoms with Gasteiger partial charge in [-0.1, -0.05) is 24.1 Å². The Morgan fingerprint density at radius 1 is 1.19 bits per heavy atom. The zero-order chi connectivity index (χ0) is 18.6. The summed E-state index contributed by atoms with van der Waals surface area (Å²) in [6, 6.07) is 13.3. The van der Waals surface area contributed by atoms with Crippen LogP contribution < -0.4 is 10.0 Å². The van der Waals surface area contributed by atoms with Crippen LogP contribution in [0.25, 0.3) is 11.0 Å². The van der Waals surface area contributed by atoms with Crippen LogP contribution in [-0.4, -0.2) is 30.8 Å². The van der Waals surface area contributed by atoms with Crippen molar-refractivity contribution in [2.75, 3.05) is 6.54 Å². The average molecular weight is 368 g/mol. The highest BCUT2D eigenvalue weighted by Gasteiger charge is 2.15. The molecule has 0 aliphatic carbocycles. The van der Waals surface area contributed by atoms with E-state index in [0.29, 0.717) is 5.82 Å². The Morgan fingerprint density at radius 3 is 2.77 bits per heavy atom. The van der Waals surface area contributed by atoms with E-state index in [1.807, 2.05) is 24.3 Å².